The third kappa shape index (κ3) is 4.20. The van der Waals surface area contributed by atoms with Crippen LogP contribution in [0.3, 0.4) is 0 Å². The molecule has 0 aliphatic carbocycles. The number of hydrogen-bond acceptors (Lipinski definition) is 6. The first-order chi connectivity index (χ1) is 13.4. The molecule has 0 aliphatic heterocycles. The van der Waals surface area contributed by atoms with E-state index in [1.54, 1.807) is 48.5 Å². The van der Waals surface area contributed by atoms with Gasteiger partial charge in [-0.3, -0.25) is 9.69 Å². The van der Waals surface area contributed by atoms with E-state index in [1.165, 1.54) is 11.8 Å². The maximum absolute atomic E-state index is 13.1. The first kappa shape index (κ1) is 21.1. The fourth-order valence-electron chi connectivity index (χ4n) is 2.89. The van der Waals surface area contributed by atoms with Crippen LogP contribution in [0.25, 0.3) is 0 Å². The zero-order chi connectivity index (χ0) is 20.7. The van der Waals surface area contributed by atoms with E-state index >= 15 is 0 Å². The van der Waals surface area contributed by atoms with Crippen molar-refractivity contribution in [3.8, 4) is 0 Å². The number of carbonyl (C=O) groups excluding carboxylic acids is 3. The summed E-state index contributed by atoms with van der Waals surface area (Å²) in [5.41, 5.74) is -1.35. The van der Waals surface area contributed by atoms with Gasteiger partial charge < -0.3 is 14.6 Å². The molecule has 1 N–H and O–H groups in total. The summed E-state index contributed by atoms with van der Waals surface area (Å²) in [6.07, 6.45) is -0.301. The molecular weight excluding hydrogens is 362 g/mol. The molecule has 2 aromatic rings. The number of anilines is 2. The normalized spacial score (nSPS) is 12.0. The monoisotopic (exact) mass is 385 g/mol. The number of esters is 2. The number of carbonyl (C=O) groups is 3. The Kier molecular flexibility index (Phi) is 6.89. The summed E-state index contributed by atoms with van der Waals surface area (Å²) in [6, 6.07) is 17.9. The standard InChI is InChI=1S/C21H23NO6/c1-15(21(26,19(24)27-2)20(25)28-3)14-18(23)22(16-10-6-4-7-11-16)17-12-8-5-9-13-17/h4-13,15,26H,14H2,1-3H3. The van der Waals surface area contributed by atoms with E-state index in [0.29, 0.717) is 11.4 Å². The maximum Gasteiger partial charge on any atom is 0.350 e. The van der Waals surface area contributed by atoms with Gasteiger partial charge in [0.25, 0.3) is 5.60 Å². The summed E-state index contributed by atoms with van der Waals surface area (Å²) < 4.78 is 9.11. The Morgan fingerprint density at radius 3 is 1.64 bits per heavy atom. The minimum Gasteiger partial charge on any atom is -0.466 e. The number of nitrogens with zero attached hydrogens (tertiary/aromatic N) is 1. The van der Waals surface area contributed by atoms with Gasteiger partial charge in [0.1, 0.15) is 0 Å². The molecule has 1 amide bonds. The molecule has 0 bridgehead atoms. The van der Waals surface area contributed by atoms with Gasteiger partial charge >= 0.3 is 11.9 Å². The molecule has 28 heavy (non-hydrogen) atoms. The van der Waals surface area contributed by atoms with Gasteiger partial charge in [-0.25, -0.2) is 9.59 Å². The molecule has 0 radical (unpaired) electrons. The van der Waals surface area contributed by atoms with E-state index in [-0.39, 0.29) is 6.42 Å². The molecule has 148 valence electrons. The van der Waals surface area contributed by atoms with Gasteiger partial charge in [-0.15, -0.1) is 0 Å². The SMILES string of the molecule is COC(=O)C(O)(C(=O)OC)C(C)CC(=O)N(c1ccccc1)c1ccccc1. The first-order valence-corrected chi connectivity index (χ1v) is 8.68. The number of aliphatic hydroxyl groups is 1. The molecule has 0 spiro atoms. The van der Waals surface area contributed by atoms with Crippen molar-refractivity contribution in [2.75, 3.05) is 19.1 Å². The summed E-state index contributed by atoms with van der Waals surface area (Å²) in [6.45, 7) is 1.42. The van der Waals surface area contributed by atoms with Crippen LogP contribution in [0.4, 0.5) is 11.4 Å². The predicted molar refractivity (Wildman–Crippen MR) is 103 cm³/mol. The lowest BCUT2D eigenvalue weighted by Gasteiger charge is -2.30. The van der Waals surface area contributed by atoms with Crippen molar-refractivity contribution < 1.29 is 29.0 Å². The summed E-state index contributed by atoms with van der Waals surface area (Å²) in [7, 11) is 2.09. The Bertz CT molecular complexity index is 766. The molecule has 0 saturated carbocycles. The van der Waals surface area contributed by atoms with Crippen molar-refractivity contribution in [2.45, 2.75) is 18.9 Å². The Balaban J connectivity index is 2.37. The molecule has 1 atom stereocenters. The highest BCUT2D eigenvalue weighted by atomic mass is 16.6. The molecule has 7 nitrogen and oxygen atoms in total. The highest BCUT2D eigenvalue weighted by Crippen LogP contribution is 2.30. The van der Waals surface area contributed by atoms with Crippen molar-refractivity contribution in [1.82, 2.24) is 0 Å². The van der Waals surface area contributed by atoms with Gasteiger partial charge in [0.05, 0.1) is 14.2 Å². The Morgan fingerprint density at radius 1 is 0.893 bits per heavy atom. The maximum atomic E-state index is 13.1. The second-order valence-corrected chi connectivity index (χ2v) is 6.25. The number of ether oxygens (including phenoxy) is 2. The number of hydrogen-bond donors (Lipinski definition) is 1. The lowest BCUT2D eigenvalue weighted by atomic mass is 9.85. The largest absolute Gasteiger partial charge is 0.466 e. The van der Waals surface area contributed by atoms with E-state index in [2.05, 4.69) is 9.47 Å². The van der Waals surface area contributed by atoms with E-state index in [9.17, 15) is 19.5 Å². The lowest BCUT2D eigenvalue weighted by molar-refractivity contribution is -0.186. The molecule has 0 fully saturated rings. The average molecular weight is 385 g/mol. The van der Waals surface area contributed by atoms with E-state index in [0.717, 1.165) is 14.2 Å². The average Bonchev–Trinajstić information content (AvgIpc) is 2.73. The minimum absolute atomic E-state index is 0.301. The van der Waals surface area contributed by atoms with Crippen LogP contribution in [0.2, 0.25) is 0 Å². The summed E-state index contributed by atoms with van der Waals surface area (Å²) in [5.74, 6) is -3.85. The lowest BCUT2D eigenvalue weighted by Crippen LogP contribution is -2.54. The molecule has 2 rings (SSSR count). The van der Waals surface area contributed by atoms with Crippen LogP contribution < -0.4 is 4.90 Å². The zero-order valence-corrected chi connectivity index (χ0v) is 16.0. The molecule has 0 aliphatic rings. The second kappa shape index (κ2) is 9.14. The van der Waals surface area contributed by atoms with Gasteiger partial charge in [0, 0.05) is 23.7 Å². The van der Waals surface area contributed by atoms with Gasteiger partial charge in [-0.05, 0) is 24.3 Å². The van der Waals surface area contributed by atoms with Crippen LogP contribution >= 0.6 is 0 Å². The van der Waals surface area contributed by atoms with Crippen molar-refractivity contribution in [2.24, 2.45) is 5.92 Å². The molecule has 1 unspecified atom stereocenters. The van der Waals surface area contributed by atoms with E-state index in [4.69, 9.17) is 0 Å². The van der Waals surface area contributed by atoms with Crippen molar-refractivity contribution >= 4 is 29.2 Å². The second-order valence-electron chi connectivity index (χ2n) is 6.25. The van der Waals surface area contributed by atoms with E-state index < -0.39 is 29.4 Å². The number of benzene rings is 2. The Hall–Kier alpha value is -3.19. The molecule has 0 aromatic heterocycles. The first-order valence-electron chi connectivity index (χ1n) is 8.68. The molecular formula is C21H23NO6. The molecule has 7 heteroatoms. The van der Waals surface area contributed by atoms with Crippen LogP contribution in [-0.2, 0) is 23.9 Å². The van der Waals surface area contributed by atoms with Crippen LogP contribution in [0.5, 0.6) is 0 Å². The Morgan fingerprint density at radius 2 is 1.29 bits per heavy atom. The van der Waals surface area contributed by atoms with Crippen molar-refractivity contribution in [3.05, 3.63) is 60.7 Å². The van der Waals surface area contributed by atoms with Crippen molar-refractivity contribution in [1.29, 1.82) is 0 Å². The van der Waals surface area contributed by atoms with Crippen LogP contribution in [0.15, 0.2) is 60.7 Å². The Labute approximate surface area is 163 Å². The fraction of sp³-hybridized carbons (Fsp3) is 0.286. The fourth-order valence-corrected chi connectivity index (χ4v) is 2.89. The summed E-state index contributed by atoms with van der Waals surface area (Å²) >= 11 is 0. The topological polar surface area (TPSA) is 93.1 Å². The smallest absolute Gasteiger partial charge is 0.350 e. The number of methoxy groups -OCH3 is 2. The summed E-state index contributed by atoms with van der Waals surface area (Å²) in [4.78, 5) is 38.7. The third-order valence-corrected chi connectivity index (χ3v) is 4.47. The minimum atomic E-state index is -2.59. The molecule has 0 saturated heterocycles. The highest BCUT2D eigenvalue weighted by Gasteiger charge is 2.52. The third-order valence-electron chi connectivity index (χ3n) is 4.47. The van der Waals surface area contributed by atoms with Gasteiger partial charge in [0.15, 0.2) is 0 Å². The number of amides is 1. The van der Waals surface area contributed by atoms with Crippen LogP contribution in [0, 0.1) is 5.92 Å². The molecule has 2 aromatic carbocycles. The van der Waals surface area contributed by atoms with E-state index in [1.807, 2.05) is 12.1 Å². The van der Waals surface area contributed by atoms with Crippen molar-refractivity contribution in [3.63, 3.8) is 0 Å². The van der Waals surface area contributed by atoms with Gasteiger partial charge in [0.2, 0.25) is 5.91 Å². The highest BCUT2D eigenvalue weighted by molar-refractivity contribution is 6.05. The van der Waals surface area contributed by atoms with Gasteiger partial charge in [-0.2, -0.15) is 0 Å². The molecule has 0 heterocycles. The summed E-state index contributed by atoms with van der Waals surface area (Å²) in [5, 5.41) is 10.7. The van der Waals surface area contributed by atoms with Crippen LogP contribution in [-0.4, -0.2) is 42.8 Å². The zero-order valence-electron chi connectivity index (χ0n) is 16.0. The van der Waals surface area contributed by atoms with Gasteiger partial charge in [-0.1, -0.05) is 43.3 Å². The number of rotatable bonds is 7. The predicted octanol–water partition coefficient (Wildman–Crippen LogP) is 2.45. The van der Waals surface area contributed by atoms with Crippen LogP contribution in [0.1, 0.15) is 13.3 Å². The number of para-hydroxylation sites is 2. The quantitative estimate of drug-likeness (QED) is 0.581.